The van der Waals surface area contributed by atoms with Crippen molar-refractivity contribution in [2.24, 2.45) is 0 Å². The standard InChI is InChI=1S/C14H19N3S/c1-3-8-17(9-13-10-18-11(2)16-13)14-6-4-12(15)5-7-14/h4-7,10H,3,8-9,15H2,1-2H3. The van der Waals surface area contributed by atoms with Gasteiger partial charge in [0.05, 0.1) is 17.2 Å². The van der Waals surface area contributed by atoms with Crippen LogP contribution in [0.3, 0.4) is 0 Å². The molecule has 96 valence electrons. The van der Waals surface area contributed by atoms with E-state index in [1.165, 1.54) is 5.69 Å². The van der Waals surface area contributed by atoms with Gasteiger partial charge < -0.3 is 10.6 Å². The van der Waals surface area contributed by atoms with Gasteiger partial charge in [-0.3, -0.25) is 0 Å². The Hall–Kier alpha value is -1.55. The Morgan fingerprint density at radius 1 is 1.28 bits per heavy atom. The Labute approximate surface area is 112 Å². The number of thiazole rings is 1. The molecule has 0 amide bonds. The summed E-state index contributed by atoms with van der Waals surface area (Å²) in [6.45, 7) is 6.13. The monoisotopic (exact) mass is 261 g/mol. The number of nitrogen functional groups attached to an aromatic ring is 1. The zero-order valence-corrected chi connectivity index (χ0v) is 11.7. The summed E-state index contributed by atoms with van der Waals surface area (Å²) in [5.74, 6) is 0. The van der Waals surface area contributed by atoms with Gasteiger partial charge in [0.1, 0.15) is 0 Å². The van der Waals surface area contributed by atoms with Gasteiger partial charge in [-0.15, -0.1) is 11.3 Å². The van der Waals surface area contributed by atoms with Crippen molar-refractivity contribution in [3.05, 3.63) is 40.3 Å². The molecule has 18 heavy (non-hydrogen) atoms. The molecule has 0 saturated heterocycles. The molecule has 0 fully saturated rings. The fraction of sp³-hybridized carbons (Fsp3) is 0.357. The van der Waals surface area contributed by atoms with Crippen molar-refractivity contribution in [1.82, 2.24) is 4.98 Å². The third-order valence-corrected chi connectivity index (χ3v) is 3.59. The molecule has 2 rings (SSSR count). The van der Waals surface area contributed by atoms with Crippen LogP contribution in [0, 0.1) is 6.92 Å². The predicted molar refractivity (Wildman–Crippen MR) is 79.0 cm³/mol. The Morgan fingerprint density at radius 3 is 2.56 bits per heavy atom. The zero-order chi connectivity index (χ0) is 13.0. The highest BCUT2D eigenvalue weighted by atomic mass is 32.1. The first kappa shape index (κ1) is 12.9. The third kappa shape index (κ3) is 3.23. The fourth-order valence-electron chi connectivity index (χ4n) is 1.93. The molecule has 3 nitrogen and oxygen atoms in total. The first-order valence-electron chi connectivity index (χ1n) is 6.20. The highest BCUT2D eigenvalue weighted by molar-refractivity contribution is 7.09. The summed E-state index contributed by atoms with van der Waals surface area (Å²) in [6.07, 6.45) is 1.12. The van der Waals surface area contributed by atoms with E-state index < -0.39 is 0 Å². The topological polar surface area (TPSA) is 42.2 Å². The quantitative estimate of drug-likeness (QED) is 0.838. The Kier molecular flexibility index (Phi) is 4.20. The van der Waals surface area contributed by atoms with Crippen LogP contribution in [0.4, 0.5) is 11.4 Å². The summed E-state index contributed by atoms with van der Waals surface area (Å²) in [5.41, 5.74) is 8.88. The molecule has 4 heteroatoms. The van der Waals surface area contributed by atoms with Gasteiger partial charge in [-0.1, -0.05) is 6.92 Å². The molecule has 0 atom stereocenters. The second kappa shape index (κ2) is 5.87. The summed E-state index contributed by atoms with van der Waals surface area (Å²) < 4.78 is 0. The zero-order valence-electron chi connectivity index (χ0n) is 10.9. The van der Waals surface area contributed by atoms with Crippen LogP contribution in [-0.2, 0) is 6.54 Å². The van der Waals surface area contributed by atoms with Crippen LogP contribution in [0.25, 0.3) is 0 Å². The number of nitrogens with zero attached hydrogens (tertiary/aromatic N) is 2. The lowest BCUT2D eigenvalue weighted by molar-refractivity contribution is 0.756. The van der Waals surface area contributed by atoms with Crippen molar-refractivity contribution in [1.29, 1.82) is 0 Å². The van der Waals surface area contributed by atoms with Gasteiger partial charge in [-0.2, -0.15) is 0 Å². The molecule has 0 aliphatic rings. The molecular formula is C14H19N3S. The van der Waals surface area contributed by atoms with E-state index in [1.807, 2.05) is 19.1 Å². The number of nitrogens with two attached hydrogens (primary N) is 1. The first-order valence-corrected chi connectivity index (χ1v) is 7.08. The highest BCUT2D eigenvalue weighted by Gasteiger charge is 2.08. The molecule has 1 aromatic carbocycles. The van der Waals surface area contributed by atoms with Gasteiger partial charge in [-0.25, -0.2) is 4.98 Å². The largest absolute Gasteiger partial charge is 0.399 e. The molecule has 1 heterocycles. The lowest BCUT2D eigenvalue weighted by Gasteiger charge is -2.23. The lowest BCUT2D eigenvalue weighted by Crippen LogP contribution is -2.23. The van der Waals surface area contributed by atoms with E-state index in [0.29, 0.717) is 0 Å². The Bertz CT molecular complexity index is 490. The van der Waals surface area contributed by atoms with E-state index >= 15 is 0 Å². The molecule has 2 N–H and O–H groups in total. The van der Waals surface area contributed by atoms with Gasteiger partial charge >= 0.3 is 0 Å². The molecule has 0 aliphatic heterocycles. The summed E-state index contributed by atoms with van der Waals surface area (Å²) in [4.78, 5) is 6.87. The molecule has 0 spiro atoms. The second-order valence-corrected chi connectivity index (χ2v) is 5.43. The maximum absolute atomic E-state index is 5.73. The molecule has 0 saturated carbocycles. The molecule has 0 bridgehead atoms. The van der Waals surface area contributed by atoms with E-state index in [9.17, 15) is 0 Å². The van der Waals surface area contributed by atoms with Gasteiger partial charge in [-0.05, 0) is 37.6 Å². The second-order valence-electron chi connectivity index (χ2n) is 4.37. The molecule has 1 aromatic heterocycles. The van der Waals surface area contributed by atoms with Crippen LogP contribution in [0.15, 0.2) is 29.6 Å². The van der Waals surface area contributed by atoms with Crippen LogP contribution >= 0.6 is 11.3 Å². The van der Waals surface area contributed by atoms with Crippen molar-refractivity contribution in [2.45, 2.75) is 26.8 Å². The molecule has 0 aliphatic carbocycles. The number of rotatable bonds is 5. The third-order valence-electron chi connectivity index (χ3n) is 2.77. The van der Waals surface area contributed by atoms with Crippen molar-refractivity contribution in [3.63, 3.8) is 0 Å². The van der Waals surface area contributed by atoms with E-state index in [-0.39, 0.29) is 0 Å². The number of aryl methyl sites for hydroxylation is 1. The van der Waals surface area contributed by atoms with Crippen LogP contribution < -0.4 is 10.6 Å². The SMILES string of the molecule is CCCN(Cc1csc(C)n1)c1ccc(N)cc1. The highest BCUT2D eigenvalue weighted by Crippen LogP contribution is 2.20. The number of aromatic nitrogens is 1. The number of benzene rings is 1. The first-order chi connectivity index (χ1) is 8.69. The van der Waals surface area contributed by atoms with Gasteiger partial charge in [0.15, 0.2) is 0 Å². The maximum atomic E-state index is 5.73. The summed E-state index contributed by atoms with van der Waals surface area (Å²) >= 11 is 1.70. The number of anilines is 2. The van der Waals surface area contributed by atoms with Gasteiger partial charge in [0, 0.05) is 23.3 Å². The Morgan fingerprint density at radius 2 is 2.00 bits per heavy atom. The normalized spacial score (nSPS) is 10.6. The van der Waals surface area contributed by atoms with Gasteiger partial charge in [0.2, 0.25) is 0 Å². The summed E-state index contributed by atoms with van der Waals surface area (Å²) in [7, 11) is 0. The summed E-state index contributed by atoms with van der Waals surface area (Å²) in [5, 5.41) is 3.26. The minimum atomic E-state index is 0.805. The molecule has 0 unspecified atom stereocenters. The van der Waals surface area contributed by atoms with E-state index in [2.05, 4.69) is 34.3 Å². The maximum Gasteiger partial charge on any atom is 0.0898 e. The van der Waals surface area contributed by atoms with Crippen molar-refractivity contribution < 1.29 is 0 Å². The van der Waals surface area contributed by atoms with Crippen LogP contribution in [0.2, 0.25) is 0 Å². The molecule has 2 aromatic rings. The van der Waals surface area contributed by atoms with Crippen molar-refractivity contribution in [2.75, 3.05) is 17.2 Å². The minimum absolute atomic E-state index is 0.805. The summed E-state index contributed by atoms with van der Waals surface area (Å²) in [6, 6.07) is 8.04. The van der Waals surface area contributed by atoms with E-state index in [0.717, 1.165) is 35.9 Å². The average Bonchev–Trinajstić information content (AvgIpc) is 2.75. The Balaban J connectivity index is 2.14. The van der Waals surface area contributed by atoms with E-state index in [4.69, 9.17) is 5.73 Å². The minimum Gasteiger partial charge on any atom is -0.399 e. The van der Waals surface area contributed by atoms with Crippen molar-refractivity contribution in [3.8, 4) is 0 Å². The van der Waals surface area contributed by atoms with Crippen LogP contribution in [-0.4, -0.2) is 11.5 Å². The average molecular weight is 261 g/mol. The smallest absolute Gasteiger partial charge is 0.0898 e. The number of hydrogen-bond acceptors (Lipinski definition) is 4. The predicted octanol–water partition coefficient (Wildman–Crippen LogP) is 3.45. The number of hydrogen-bond donors (Lipinski definition) is 1. The van der Waals surface area contributed by atoms with Crippen LogP contribution in [0.5, 0.6) is 0 Å². The molecule has 0 radical (unpaired) electrons. The lowest BCUT2D eigenvalue weighted by atomic mass is 10.2. The fourth-order valence-corrected chi connectivity index (χ4v) is 2.53. The van der Waals surface area contributed by atoms with E-state index in [1.54, 1.807) is 11.3 Å². The van der Waals surface area contributed by atoms with Gasteiger partial charge in [0.25, 0.3) is 0 Å². The van der Waals surface area contributed by atoms with Crippen LogP contribution in [0.1, 0.15) is 24.0 Å². The van der Waals surface area contributed by atoms with Crippen molar-refractivity contribution >= 4 is 22.7 Å². The molecular weight excluding hydrogens is 242 g/mol.